The second kappa shape index (κ2) is 5.90. The molecule has 1 fully saturated rings. The van der Waals surface area contributed by atoms with Crippen LogP contribution in [0.2, 0.25) is 0 Å². The van der Waals surface area contributed by atoms with Gasteiger partial charge in [-0.1, -0.05) is 12.2 Å². The van der Waals surface area contributed by atoms with Crippen molar-refractivity contribution in [2.45, 2.75) is 0 Å². The maximum atomic E-state index is 11.0. The Labute approximate surface area is 102 Å². The summed E-state index contributed by atoms with van der Waals surface area (Å²) >= 11 is 4.85. The average Bonchev–Trinajstić information content (AvgIpc) is 2.14. The molecule has 0 amide bonds. The van der Waals surface area contributed by atoms with E-state index in [1.54, 1.807) is 0 Å². The number of hydrogen-bond donors (Lipinski definition) is 1. The molecule has 0 unspecified atom stereocenters. The van der Waals surface area contributed by atoms with Gasteiger partial charge in [0.2, 0.25) is 0 Å². The molecule has 1 aliphatic rings. The van der Waals surface area contributed by atoms with Crippen molar-refractivity contribution in [1.29, 1.82) is 0 Å². The van der Waals surface area contributed by atoms with Crippen molar-refractivity contribution in [2.75, 3.05) is 51.3 Å². The fourth-order valence-electron chi connectivity index (χ4n) is 1.69. The minimum absolute atomic E-state index is 0.238. The summed E-state index contributed by atoms with van der Waals surface area (Å²) < 4.78 is 22.0. The third kappa shape index (κ3) is 5.74. The Kier molecular flexibility index (Phi) is 5.10. The molecule has 0 atom stereocenters. The van der Waals surface area contributed by atoms with Crippen molar-refractivity contribution in [3.63, 3.8) is 0 Å². The van der Waals surface area contributed by atoms with Gasteiger partial charge in [0, 0.05) is 45.5 Å². The lowest BCUT2D eigenvalue weighted by atomic mass is 10.3. The lowest BCUT2D eigenvalue weighted by molar-refractivity contribution is 0.152. The number of sulfone groups is 1. The second-order valence-corrected chi connectivity index (χ2v) is 7.00. The maximum absolute atomic E-state index is 11.0. The molecule has 7 heteroatoms. The first-order chi connectivity index (χ1) is 7.37. The van der Waals surface area contributed by atoms with Crippen LogP contribution in [0.15, 0.2) is 0 Å². The molecule has 0 saturated carbocycles. The number of nitrogens with zero attached hydrogens (tertiary/aromatic N) is 2. The van der Waals surface area contributed by atoms with Gasteiger partial charge in [0.1, 0.15) is 9.84 Å². The van der Waals surface area contributed by atoms with Gasteiger partial charge in [0.05, 0.1) is 10.7 Å². The van der Waals surface area contributed by atoms with Crippen molar-refractivity contribution in [1.82, 2.24) is 9.80 Å². The minimum atomic E-state index is -2.85. The van der Waals surface area contributed by atoms with Crippen molar-refractivity contribution in [3.05, 3.63) is 0 Å². The maximum Gasteiger partial charge on any atom is 0.148 e. The van der Waals surface area contributed by atoms with E-state index in [4.69, 9.17) is 18.0 Å². The fourth-order valence-corrected chi connectivity index (χ4v) is 2.46. The van der Waals surface area contributed by atoms with Gasteiger partial charge in [-0.3, -0.25) is 9.80 Å². The molecule has 1 heterocycles. The van der Waals surface area contributed by atoms with E-state index in [0.717, 1.165) is 26.2 Å². The minimum Gasteiger partial charge on any atom is -0.392 e. The molecule has 2 N–H and O–H groups in total. The van der Waals surface area contributed by atoms with Gasteiger partial charge in [-0.05, 0) is 0 Å². The standard InChI is InChI=1S/C9H19N3O2S2/c1-16(13,14)7-6-11-2-4-12(5-3-11)8-9(10)15/h2-8H2,1H3,(H2,10,15). The van der Waals surface area contributed by atoms with Crippen LogP contribution < -0.4 is 5.73 Å². The molecule has 5 nitrogen and oxygen atoms in total. The third-order valence-corrected chi connectivity index (χ3v) is 3.68. The lowest BCUT2D eigenvalue weighted by Crippen LogP contribution is -2.49. The quantitative estimate of drug-likeness (QED) is 0.639. The van der Waals surface area contributed by atoms with Crippen LogP contribution in [-0.2, 0) is 9.84 Å². The molecule has 0 aromatic heterocycles. The van der Waals surface area contributed by atoms with Crippen molar-refractivity contribution in [3.8, 4) is 0 Å². The predicted molar refractivity (Wildman–Crippen MR) is 69.4 cm³/mol. The number of hydrogen-bond acceptors (Lipinski definition) is 5. The summed E-state index contributed by atoms with van der Waals surface area (Å²) in [5, 5.41) is 0. The van der Waals surface area contributed by atoms with E-state index in [1.807, 2.05) is 0 Å². The van der Waals surface area contributed by atoms with Crippen LogP contribution in [0.25, 0.3) is 0 Å². The molecule has 1 saturated heterocycles. The molecular weight excluding hydrogens is 246 g/mol. The van der Waals surface area contributed by atoms with E-state index in [2.05, 4.69) is 9.80 Å². The first kappa shape index (κ1) is 13.8. The van der Waals surface area contributed by atoms with Crippen LogP contribution in [0.4, 0.5) is 0 Å². The molecule has 0 radical (unpaired) electrons. The summed E-state index contributed by atoms with van der Waals surface area (Å²) in [7, 11) is -2.85. The Morgan fingerprint density at radius 1 is 1.25 bits per heavy atom. The smallest absolute Gasteiger partial charge is 0.148 e. The van der Waals surface area contributed by atoms with E-state index < -0.39 is 9.84 Å². The normalized spacial score (nSPS) is 19.8. The molecule has 0 bridgehead atoms. The topological polar surface area (TPSA) is 66.6 Å². The van der Waals surface area contributed by atoms with Gasteiger partial charge in [0.25, 0.3) is 0 Å². The van der Waals surface area contributed by atoms with Crippen LogP contribution >= 0.6 is 12.2 Å². The van der Waals surface area contributed by atoms with E-state index in [9.17, 15) is 8.42 Å². The molecule has 0 aromatic rings. The Balaban J connectivity index is 2.24. The number of nitrogens with two attached hydrogens (primary N) is 1. The zero-order chi connectivity index (χ0) is 12.2. The molecule has 1 rings (SSSR count). The van der Waals surface area contributed by atoms with E-state index in [0.29, 0.717) is 18.1 Å². The highest BCUT2D eigenvalue weighted by atomic mass is 32.2. The SMILES string of the molecule is CS(=O)(=O)CCN1CCN(CC(N)=S)CC1. The summed E-state index contributed by atoms with van der Waals surface area (Å²) in [5.41, 5.74) is 5.47. The number of thiocarbonyl (C=S) groups is 1. The van der Waals surface area contributed by atoms with Gasteiger partial charge >= 0.3 is 0 Å². The molecule has 0 aliphatic carbocycles. The Morgan fingerprint density at radius 2 is 1.75 bits per heavy atom. The van der Waals surface area contributed by atoms with E-state index in [1.165, 1.54) is 6.26 Å². The van der Waals surface area contributed by atoms with Gasteiger partial charge in [-0.15, -0.1) is 0 Å². The number of rotatable bonds is 5. The molecule has 1 aliphatic heterocycles. The van der Waals surface area contributed by atoms with Crippen LogP contribution in [-0.4, -0.2) is 74.5 Å². The van der Waals surface area contributed by atoms with Crippen LogP contribution in [0.3, 0.4) is 0 Å². The van der Waals surface area contributed by atoms with Crippen molar-refractivity contribution < 1.29 is 8.42 Å². The molecule has 94 valence electrons. The Hall–Kier alpha value is -0.240. The largest absolute Gasteiger partial charge is 0.392 e. The fraction of sp³-hybridized carbons (Fsp3) is 0.889. The van der Waals surface area contributed by atoms with Crippen LogP contribution in [0, 0.1) is 0 Å². The molecule has 16 heavy (non-hydrogen) atoms. The van der Waals surface area contributed by atoms with Gasteiger partial charge in [-0.2, -0.15) is 0 Å². The predicted octanol–water partition coefficient (Wildman–Crippen LogP) is -1.07. The monoisotopic (exact) mass is 265 g/mol. The van der Waals surface area contributed by atoms with Crippen LogP contribution in [0.1, 0.15) is 0 Å². The summed E-state index contributed by atoms with van der Waals surface area (Å²) in [5.74, 6) is 0.238. The highest BCUT2D eigenvalue weighted by Crippen LogP contribution is 2.01. The molecule has 0 aromatic carbocycles. The summed E-state index contributed by atoms with van der Waals surface area (Å²) in [6, 6.07) is 0. The van der Waals surface area contributed by atoms with Crippen molar-refractivity contribution >= 4 is 27.0 Å². The van der Waals surface area contributed by atoms with Gasteiger partial charge in [-0.25, -0.2) is 8.42 Å². The van der Waals surface area contributed by atoms with E-state index >= 15 is 0 Å². The summed E-state index contributed by atoms with van der Waals surface area (Å²) in [6.07, 6.45) is 1.27. The lowest BCUT2D eigenvalue weighted by Gasteiger charge is -2.34. The third-order valence-electron chi connectivity index (χ3n) is 2.62. The first-order valence-corrected chi connectivity index (χ1v) is 7.74. The highest BCUT2D eigenvalue weighted by molar-refractivity contribution is 7.90. The van der Waals surface area contributed by atoms with Crippen molar-refractivity contribution in [2.24, 2.45) is 5.73 Å². The highest BCUT2D eigenvalue weighted by Gasteiger charge is 2.17. The Morgan fingerprint density at radius 3 is 2.19 bits per heavy atom. The number of piperazine rings is 1. The second-order valence-electron chi connectivity index (χ2n) is 4.21. The summed E-state index contributed by atoms with van der Waals surface area (Å²) in [6.45, 7) is 4.87. The Bertz CT molecular complexity index is 335. The zero-order valence-corrected chi connectivity index (χ0v) is 11.2. The van der Waals surface area contributed by atoms with Gasteiger partial charge in [0.15, 0.2) is 0 Å². The average molecular weight is 265 g/mol. The molecule has 0 spiro atoms. The first-order valence-electron chi connectivity index (χ1n) is 5.27. The zero-order valence-electron chi connectivity index (χ0n) is 9.55. The summed E-state index contributed by atoms with van der Waals surface area (Å²) in [4.78, 5) is 4.88. The van der Waals surface area contributed by atoms with Gasteiger partial charge < -0.3 is 5.73 Å². The van der Waals surface area contributed by atoms with E-state index in [-0.39, 0.29) is 5.75 Å². The molecular formula is C9H19N3O2S2. The van der Waals surface area contributed by atoms with Crippen LogP contribution in [0.5, 0.6) is 0 Å².